The van der Waals surface area contributed by atoms with Gasteiger partial charge < -0.3 is 9.47 Å². The SMILES string of the molecule is CCOC(=O)c1ccc(Br)c(OC)c1F. The van der Waals surface area contributed by atoms with Gasteiger partial charge in [-0.25, -0.2) is 9.18 Å². The number of carbonyl (C=O) groups is 1. The van der Waals surface area contributed by atoms with Gasteiger partial charge in [0, 0.05) is 0 Å². The summed E-state index contributed by atoms with van der Waals surface area (Å²) < 4.78 is 23.6. The molecule has 82 valence electrons. The average molecular weight is 277 g/mol. The summed E-state index contributed by atoms with van der Waals surface area (Å²) in [5.74, 6) is -1.41. The number of benzene rings is 1. The van der Waals surface area contributed by atoms with Gasteiger partial charge in [0.1, 0.15) is 0 Å². The van der Waals surface area contributed by atoms with Crippen molar-refractivity contribution in [1.29, 1.82) is 0 Å². The maximum Gasteiger partial charge on any atom is 0.341 e. The van der Waals surface area contributed by atoms with Crippen LogP contribution in [0.4, 0.5) is 4.39 Å². The predicted molar refractivity (Wildman–Crippen MR) is 56.6 cm³/mol. The van der Waals surface area contributed by atoms with E-state index in [4.69, 9.17) is 9.47 Å². The standard InChI is InChI=1S/C10H10BrFO3/c1-3-15-10(13)6-4-5-7(11)9(14-2)8(6)12/h4-5H,3H2,1-2H3. The van der Waals surface area contributed by atoms with Gasteiger partial charge in [-0.3, -0.25) is 0 Å². The number of hydrogen-bond acceptors (Lipinski definition) is 3. The van der Waals surface area contributed by atoms with Crippen LogP contribution in [0.1, 0.15) is 17.3 Å². The summed E-state index contributed by atoms with van der Waals surface area (Å²) in [5.41, 5.74) is -0.128. The molecule has 1 aromatic carbocycles. The molecule has 0 heterocycles. The van der Waals surface area contributed by atoms with Crippen LogP contribution in [0, 0.1) is 5.82 Å². The van der Waals surface area contributed by atoms with Crippen molar-refractivity contribution >= 4 is 21.9 Å². The Bertz CT molecular complexity index is 379. The molecule has 0 atom stereocenters. The van der Waals surface area contributed by atoms with Gasteiger partial charge in [0.25, 0.3) is 0 Å². The van der Waals surface area contributed by atoms with Crippen LogP contribution in [0.5, 0.6) is 5.75 Å². The lowest BCUT2D eigenvalue weighted by molar-refractivity contribution is 0.0520. The number of rotatable bonds is 3. The van der Waals surface area contributed by atoms with Crippen molar-refractivity contribution in [3.8, 4) is 5.75 Å². The highest BCUT2D eigenvalue weighted by atomic mass is 79.9. The highest BCUT2D eigenvalue weighted by Crippen LogP contribution is 2.30. The van der Waals surface area contributed by atoms with Crippen LogP contribution in [0.3, 0.4) is 0 Å². The van der Waals surface area contributed by atoms with Gasteiger partial charge in [-0.05, 0) is 35.0 Å². The van der Waals surface area contributed by atoms with Crippen LogP contribution < -0.4 is 4.74 Å². The first-order chi connectivity index (χ1) is 7.11. The molecular weight excluding hydrogens is 267 g/mol. The average Bonchev–Trinajstić information content (AvgIpc) is 2.18. The first-order valence-electron chi connectivity index (χ1n) is 4.31. The Morgan fingerprint density at radius 1 is 1.53 bits per heavy atom. The summed E-state index contributed by atoms with van der Waals surface area (Å²) in [7, 11) is 1.33. The number of methoxy groups -OCH3 is 1. The van der Waals surface area contributed by atoms with Crippen molar-refractivity contribution in [2.24, 2.45) is 0 Å². The fourth-order valence-corrected chi connectivity index (χ4v) is 1.55. The fourth-order valence-electron chi connectivity index (χ4n) is 1.09. The zero-order valence-corrected chi connectivity index (χ0v) is 9.93. The fraction of sp³-hybridized carbons (Fsp3) is 0.300. The lowest BCUT2D eigenvalue weighted by Crippen LogP contribution is -2.08. The van der Waals surface area contributed by atoms with Crippen LogP contribution in [0.2, 0.25) is 0 Å². The minimum Gasteiger partial charge on any atom is -0.492 e. The number of halogens is 2. The predicted octanol–water partition coefficient (Wildman–Crippen LogP) is 2.77. The molecule has 0 saturated heterocycles. The van der Waals surface area contributed by atoms with Crippen molar-refractivity contribution in [3.05, 3.63) is 28.0 Å². The lowest BCUT2D eigenvalue weighted by atomic mass is 10.2. The molecule has 15 heavy (non-hydrogen) atoms. The molecule has 0 bridgehead atoms. The van der Waals surface area contributed by atoms with Crippen molar-refractivity contribution in [3.63, 3.8) is 0 Å². The molecule has 3 nitrogen and oxygen atoms in total. The van der Waals surface area contributed by atoms with Gasteiger partial charge >= 0.3 is 5.97 Å². The maximum atomic E-state index is 13.7. The second kappa shape index (κ2) is 5.11. The van der Waals surface area contributed by atoms with Crippen molar-refractivity contribution in [2.45, 2.75) is 6.92 Å². The molecule has 0 spiro atoms. The Morgan fingerprint density at radius 2 is 2.20 bits per heavy atom. The van der Waals surface area contributed by atoms with E-state index in [0.717, 1.165) is 0 Å². The number of hydrogen-bond donors (Lipinski definition) is 0. The van der Waals surface area contributed by atoms with E-state index >= 15 is 0 Å². The van der Waals surface area contributed by atoms with Gasteiger partial charge in [0.2, 0.25) is 0 Å². The molecule has 1 rings (SSSR count). The number of esters is 1. The third-order valence-corrected chi connectivity index (χ3v) is 2.37. The third-order valence-electron chi connectivity index (χ3n) is 1.75. The van der Waals surface area contributed by atoms with Crippen LogP contribution in [0.15, 0.2) is 16.6 Å². The molecule has 0 amide bonds. The maximum absolute atomic E-state index is 13.7. The third kappa shape index (κ3) is 2.47. The molecule has 0 aromatic heterocycles. The Balaban J connectivity index is 3.15. The van der Waals surface area contributed by atoms with E-state index in [-0.39, 0.29) is 17.9 Å². The first-order valence-corrected chi connectivity index (χ1v) is 5.10. The van der Waals surface area contributed by atoms with E-state index in [0.29, 0.717) is 4.47 Å². The van der Waals surface area contributed by atoms with E-state index in [9.17, 15) is 9.18 Å². The first kappa shape index (κ1) is 12.0. The second-order valence-electron chi connectivity index (χ2n) is 2.66. The van der Waals surface area contributed by atoms with Gasteiger partial charge in [-0.1, -0.05) is 0 Å². The molecular formula is C10H10BrFO3. The second-order valence-corrected chi connectivity index (χ2v) is 3.52. The zero-order valence-electron chi connectivity index (χ0n) is 8.34. The Labute approximate surface area is 95.3 Å². The minimum atomic E-state index is -0.717. The zero-order chi connectivity index (χ0) is 11.4. The molecule has 5 heteroatoms. The molecule has 0 aliphatic rings. The Morgan fingerprint density at radius 3 is 2.73 bits per heavy atom. The van der Waals surface area contributed by atoms with Crippen molar-refractivity contribution in [2.75, 3.05) is 13.7 Å². The largest absolute Gasteiger partial charge is 0.492 e. The van der Waals surface area contributed by atoms with Crippen LogP contribution >= 0.6 is 15.9 Å². The van der Waals surface area contributed by atoms with Crippen LogP contribution in [0.25, 0.3) is 0 Å². The topological polar surface area (TPSA) is 35.5 Å². The lowest BCUT2D eigenvalue weighted by Gasteiger charge is -2.08. The van der Waals surface area contributed by atoms with Crippen molar-refractivity contribution < 1.29 is 18.7 Å². The normalized spacial score (nSPS) is 9.87. The highest BCUT2D eigenvalue weighted by molar-refractivity contribution is 9.10. The molecule has 0 N–H and O–H groups in total. The Kier molecular flexibility index (Phi) is 4.08. The van der Waals surface area contributed by atoms with Gasteiger partial charge in [-0.15, -0.1) is 0 Å². The molecule has 0 fully saturated rings. The summed E-state index contributed by atoms with van der Waals surface area (Å²) >= 11 is 3.11. The smallest absolute Gasteiger partial charge is 0.341 e. The van der Waals surface area contributed by atoms with E-state index in [1.807, 2.05) is 0 Å². The summed E-state index contributed by atoms with van der Waals surface area (Å²) in [4.78, 5) is 11.3. The summed E-state index contributed by atoms with van der Waals surface area (Å²) in [6.45, 7) is 1.86. The van der Waals surface area contributed by atoms with Crippen LogP contribution in [-0.2, 0) is 4.74 Å². The quantitative estimate of drug-likeness (QED) is 0.797. The molecule has 0 unspecified atom stereocenters. The van der Waals surface area contributed by atoms with E-state index in [2.05, 4.69) is 15.9 Å². The molecule has 0 aliphatic heterocycles. The summed E-state index contributed by atoms with van der Waals surface area (Å²) in [6, 6.07) is 2.88. The van der Waals surface area contributed by atoms with Crippen LogP contribution in [-0.4, -0.2) is 19.7 Å². The van der Waals surface area contributed by atoms with E-state index < -0.39 is 11.8 Å². The minimum absolute atomic E-state index is 0.000512. The summed E-state index contributed by atoms with van der Waals surface area (Å²) in [6.07, 6.45) is 0. The number of carbonyl (C=O) groups excluding carboxylic acids is 1. The molecule has 0 aliphatic carbocycles. The number of ether oxygens (including phenoxy) is 2. The van der Waals surface area contributed by atoms with Gasteiger partial charge in [-0.2, -0.15) is 0 Å². The highest BCUT2D eigenvalue weighted by Gasteiger charge is 2.18. The van der Waals surface area contributed by atoms with Gasteiger partial charge in [0.15, 0.2) is 11.6 Å². The summed E-state index contributed by atoms with van der Waals surface area (Å²) in [5, 5.41) is 0. The van der Waals surface area contributed by atoms with E-state index in [1.165, 1.54) is 19.2 Å². The monoisotopic (exact) mass is 276 g/mol. The molecule has 0 saturated carbocycles. The molecule has 1 aromatic rings. The van der Waals surface area contributed by atoms with E-state index in [1.54, 1.807) is 6.92 Å². The van der Waals surface area contributed by atoms with Gasteiger partial charge in [0.05, 0.1) is 23.8 Å². The molecule has 0 radical (unpaired) electrons. The van der Waals surface area contributed by atoms with Crippen molar-refractivity contribution in [1.82, 2.24) is 0 Å². The Hall–Kier alpha value is -1.10.